The van der Waals surface area contributed by atoms with E-state index in [-0.39, 0.29) is 11.7 Å². The molecule has 0 aliphatic rings. The average molecular weight is 360 g/mol. The van der Waals surface area contributed by atoms with Gasteiger partial charge in [0.2, 0.25) is 0 Å². The minimum Gasteiger partial charge on any atom is -0.319 e. The van der Waals surface area contributed by atoms with Gasteiger partial charge in [0.05, 0.1) is 34.3 Å². The summed E-state index contributed by atoms with van der Waals surface area (Å²) < 4.78 is 15.3. The molecule has 0 fully saturated rings. The fraction of sp³-hybridized carbons (Fsp3) is 0.0952. The van der Waals surface area contributed by atoms with Gasteiger partial charge >= 0.3 is 0 Å². The first-order chi connectivity index (χ1) is 13.0. The molecule has 0 aliphatic carbocycles. The van der Waals surface area contributed by atoms with Crippen molar-refractivity contribution in [3.8, 4) is 5.69 Å². The summed E-state index contributed by atoms with van der Waals surface area (Å²) in [6.07, 6.45) is 1.62. The van der Waals surface area contributed by atoms with Gasteiger partial charge in [0.25, 0.3) is 5.91 Å². The highest BCUT2D eigenvalue weighted by Gasteiger charge is 2.16. The summed E-state index contributed by atoms with van der Waals surface area (Å²) in [6.45, 7) is 3.67. The molecule has 0 spiro atoms. The smallest absolute Gasteiger partial charge is 0.256 e. The van der Waals surface area contributed by atoms with E-state index >= 15 is 0 Å². The number of aryl methyl sites for hydroxylation is 1. The van der Waals surface area contributed by atoms with Crippen LogP contribution in [0.2, 0.25) is 0 Å². The van der Waals surface area contributed by atoms with Gasteiger partial charge in [0, 0.05) is 17.1 Å². The zero-order chi connectivity index (χ0) is 19.0. The molecule has 0 unspecified atom stereocenters. The molecule has 0 bridgehead atoms. The Hall–Kier alpha value is -3.54. The molecule has 1 N–H and O–H groups in total. The second-order valence-electron chi connectivity index (χ2n) is 6.32. The molecule has 1 amide bonds. The average Bonchev–Trinajstić information content (AvgIpc) is 3.01. The minimum absolute atomic E-state index is 0.284. The van der Waals surface area contributed by atoms with Crippen molar-refractivity contribution >= 4 is 22.5 Å². The number of hydrogen-bond donors (Lipinski definition) is 1. The second-order valence-corrected chi connectivity index (χ2v) is 6.32. The van der Waals surface area contributed by atoms with E-state index in [1.165, 1.54) is 12.1 Å². The van der Waals surface area contributed by atoms with Gasteiger partial charge in [-0.3, -0.25) is 9.78 Å². The van der Waals surface area contributed by atoms with E-state index in [1.54, 1.807) is 29.9 Å². The van der Waals surface area contributed by atoms with Crippen LogP contribution >= 0.6 is 0 Å². The Morgan fingerprint density at radius 1 is 1.07 bits per heavy atom. The number of rotatable bonds is 3. The minimum atomic E-state index is -0.382. The van der Waals surface area contributed by atoms with Crippen LogP contribution in [0.3, 0.4) is 0 Å². The fourth-order valence-electron chi connectivity index (χ4n) is 3.07. The summed E-state index contributed by atoms with van der Waals surface area (Å²) in [5.74, 6) is -0.667. The van der Waals surface area contributed by atoms with E-state index < -0.39 is 0 Å². The van der Waals surface area contributed by atoms with E-state index in [1.807, 2.05) is 37.3 Å². The number of hydrogen-bond acceptors (Lipinski definition) is 3. The molecular formula is C21H17FN4O. The number of nitrogens with zero attached hydrogens (tertiary/aromatic N) is 3. The summed E-state index contributed by atoms with van der Waals surface area (Å²) in [6, 6.07) is 15.6. The number of para-hydroxylation sites is 1. The van der Waals surface area contributed by atoms with Crippen molar-refractivity contribution in [1.29, 1.82) is 0 Å². The maximum absolute atomic E-state index is 13.5. The number of carbonyl (C=O) groups is 1. The Morgan fingerprint density at radius 3 is 2.63 bits per heavy atom. The number of pyridine rings is 1. The predicted molar refractivity (Wildman–Crippen MR) is 103 cm³/mol. The lowest BCUT2D eigenvalue weighted by Crippen LogP contribution is -2.14. The lowest BCUT2D eigenvalue weighted by molar-refractivity contribution is 0.102. The molecule has 0 radical (unpaired) electrons. The van der Waals surface area contributed by atoms with E-state index in [0.717, 1.165) is 11.4 Å². The van der Waals surface area contributed by atoms with Crippen molar-refractivity contribution in [2.75, 3.05) is 5.32 Å². The van der Waals surface area contributed by atoms with Gasteiger partial charge in [0.1, 0.15) is 5.82 Å². The van der Waals surface area contributed by atoms with Crippen LogP contribution in [0, 0.1) is 19.7 Å². The first-order valence-electron chi connectivity index (χ1n) is 8.51. The van der Waals surface area contributed by atoms with Gasteiger partial charge in [-0.25, -0.2) is 9.07 Å². The van der Waals surface area contributed by atoms with Crippen molar-refractivity contribution in [3.63, 3.8) is 0 Å². The summed E-state index contributed by atoms with van der Waals surface area (Å²) in [5.41, 5.74) is 3.90. The van der Waals surface area contributed by atoms with Crippen molar-refractivity contribution in [3.05, 3.63) is 83.6 Å². The lowest BCUT2D eigenvalue weighted by Gasteiger charge is -2.09. The van der Waals surface area contributed by atoms with E-state index in [2.05, 4.69) is 15.4 Å². The zero-order valence-corrected chi connectivity index (χ0v) is 14.9. The third-order valence-corrected chi connectivity index (χ3v) is 4.40. The van der Waals surface area contributed by atoms with Crippen molar-refractivity contribution in [2.24, 2.45) is 0 Å². The summed E-state index contributed by atoms with van der Waals surface area (Å²) >= 11 is 0. The molecule has 2 aromatic carbocycles. The van der Waals surface area contributed by atoms with Crippen molar-refractivity contribution in [1.82, 2.24) is 14.8 Å². The normalized spacial score (nSPS) is 10.9. The number of nitrogens with one attached hydrogen (secondary N) is 1. The molecular weight excluding hydrogens is 343 g/mol. The maximum Gasteiger partial charge on any atom is 0.256 e. The highest BCUT2D eigenvalue weighted by Crippen LogP contribution is 2.23. The van der Waals surface area contributed by atoms with E-state index in [9.17, 15) is 9.18 Å². The quantitative estimate of drug-likeness (QED) is 0.588. The largest absolute Gasteiger partial charge is 0.319 e. The van der Waals surface area contributed by atoms with Gasteiger partial charge in [-0.1, -0.05) is 18.2 Å². The first-order valence-corrected chi connectivity index (χ1v) is 8.51. The number of benzene rings is 2. The van der Waals surface area contributed by atoms with Crippen LogP contribution in [0.5, 0.6) is 0 Å². The molecule has 0 atom stereocenters. The van der Waals surface area contributed by atoms with E-state index in [4.69, 9.17) is 0 Å². The van der Waals surface area contributed by atoms with E-state index in [0.29, 0.717) is 27.8 Å². The maximum atomic E-state index is 13.5. The number of halogens is 1. The Kier molecular flexibility index (Phi) is 4.16. The third-order valence-electron chi connectivity index (χ3n) is 4.40. The topological polar surface area (TPSA) is 59.8 Å². The van der Waals surface area contributed by atoms with Crippen LogP contribution in [0.25, 0.3) is 16.6 Å². The Bertz CT molecular complexity index is 1150. The number of aromatic nitrogens is 3. The Labute approximate surface area is 155 Å². The SMILES string of the molecule is Cc1cc(C(=O)Nc2cnn(-c3ccccc3)c2C)c2ccc(F)cc2n1. The number of fused-ring (bicyclic) bond motifs is 1. The highest BCUT2D eigenvalue weighted by atomic mass is 19.1. The fourth-order valence-corrected chi connectivity index (χ4v) is 3.07. The molecule has 4 aromatic rings. The molecule has 0 saturated carbocycles. The molecule has 27 heavy (non-hydrogen) atoms. The number of amides is 1. The van der Waals surface area contributed by atoms with Gasteiger partial charge in [-0.05, 0) is 44.2 Å². The molecule has 4 rings (SSSR count). The van der Waals surface area contributed by atoms with Gasteiger partial charge in [0.15, 0.2) is 0 Å². The van der Waals surface area contributed by atoms with Crippen LogP contribution in [0.4, 0.5) is 10.1 Å². The summed E-state index contributed by atoms with van der Waals surface area (Å²) in [7, 11) is 0. The molecule has 5 nitrogen and oxygen atoms in total. The summed E-state index contributed by atoms with van der Waals surface area (Å²) in [5, 5.41) is 7.88. The van der Waals surface area contributed by atoms with Crippen LogP contribution in [0.1, 0.15) is 21.7 Å². The van der Waals surface area contributed by atoms with Crippen LogP contribution in [-0.2, 0) is 0 Å². The number of carbonyl (C=O) groups excluding carboxylic acids is 1. The molecule has 0 saturated heterocycles. The van der Waals surface area contributed by atoms with Crippen LogP contribution in [0.15, 0.2) is 60.8 Å². The first kappa shape index (κ1) is 16.9. The molecule has 2 aromatic heterocycles. The molecule has 0 aliphatic heterocycles. The second kappa shape index (κ2) is 6.64. The highest BCUT2D eigenvalue weighted by molar-refractivity contribution is 6.12. The predicted octanol–water partition coefficient (Wildman–Crippen LogP) is 4.43. The Balaban J connectivity index is 1.70. The van der Waals surface area contributed by atoms with Gasteiger partial charge in [-0.15, -0.1) is 0 Å². The van der Waals surface area contributed by atoms with Crippen LogP contribution < -0.4 is 5.32 Å². The van der Waals surface area contributed by atoms with Crippen molar-refractivity contribution in [2.45, 2.75) is 13.8 Å². The molecule has 134 valence electrons. The van der Waals surface area contributed by atoms with Gasteiger partial charge < -0.3 is 5.32 Å². The lowest BCUT2D eigenvalue weighted by atomic mass is 10.1. The zero-order valence-electron chi connectivity index (χ0n) is 14.9. The molecule has 2 heterocycles. The standard InChI is InChI=1S/C21H17FN4O/c1-13-10-18(17-9-8-15(22)11-19(17)24-13)21(27)25-20-12-23-26(14(20)2)16-6-4-3-5-7-16/h3-12H,1-2H3,(H,25,27). The molecule has 6 heteroatoms. The van der Waals surface area contributed by atoms with Crippen molar-refractivity contribution < 1.29 is 9.18 Å². The number of anilines is 1. The summed E-state index contributed by atoms with van der Waals surface area (Å²) in [4.78, 5) is 17.2. The van der Waals surface area contributed by atoms with Gasteiger partial charge in [-0.2, -0.15) is 5.10 Å². The monoisotopic (exact) mass is 360 g/mol. The Morgan fingerprint density at radius 2 is 1.85 bits per heavy atom. The third kappa shape index (κ3) is 3.17. The van der Waals surface area contributed by atoms with Crippen LogP contribution in [-0.4, -0.2) is 20.7 Å².